The predicted molar refractivity (Wildman–Crippen MR) is 93.0 cm³/mol. The highest BCUT2D eigenvalue weighted by molar-refractivity contribution is 6.30. The molecule has 118 valence electrons. The molecule has 1 aliphatic rings. The molecule has 0 radical (unpaired) electrons. The molecule has 0 amide bonds. The van der Waals surface area contributed by atoms with Gasteiger partial charge in [-0.2, -0.15) is 0 Å². The van der Waals surface area contributed by atoms with E-state index in [0.717, 1.165) is 23.4 Å². The second-order valence-corrected chi connectivity index (χ2v) is 6.99. The summed E-state index contributed by atoms with van der Waals surface area (Å²) < 4.78 is 0. The van der Waals surface area contributed by atoms with Gasteiger partial charge in [-0.05, 0) is 61.4 Å². The maximum absolute atomic E-state index is 6.15. The fourth-order valence-electron chi connectivity index (χ4n) is 3.96. The van der Waals surface area contributed by atoms with E-state index in [1.54, 1.807) is 0 Å². The summed E-state index contributed by atoms with van der Waals surface area (Å²) in [6, 6.07) is 6.90. The first-order chi connectivity index (χ1) is 10.2. The Morgan fingerprint density at radius 1 is 1.24 bits per heavy atom. The quantitative estimate of drug-likeness (QED) is 0.689. The first kappa shape index (κ1) is 16.8. The van der Waals surface area contributed by atoms with Gasteiger partial charge in [0.2, 0.25) is 0 Å². The third-order valence-corrected chi connectivity index (χ3v) is 5.34. The summed E-state index contributed by atoms with van der Waals surface area (Å²) in [4.78, 5) is 0. The Balaban J connectivity index is 2.27. The zero-order valence-corrected chi connectivity index (χ0v) is 14.5. The van der Waals surface area contributed by atoms with Crippen molar-refractivity contribution in [3.8, 4) is 0 Å². The van der Waals surface area contributed by atoms with Crippen molar-refractivity contribution in [3.05, 3.63) is 34.3 Å². The van der Waals surface area contributed by atoms with E-state index in [0.29, 0.717) is 6.04 Å². The largest absolute Gasteiger partial charge is 0.310 e. The van der Waals surface area contributed by atoms with Crippen LogP contribution < -0.4 is 5.32 Å². The molecule has 1 saturated carbocycles. The molecule has 0 saturated heterocycles. The summed E-state index contributed by atoms with van der Waals surface area (Å²) in [5.74, 6) is 1.64. The van der Waals surface area contributed by atoms with Crippen molar-refractivity contribution in [1.82, 2.24) is 5.32 Å². The molecule has 1 aromatic rings. The van der Waals surface area contributed by atoms with Gasteiger partial charge in [0, 0.05) is 11.1 Å². The van der Waals surface area contributed by atoms with Gasteiger partial charge in [0.15, 0.2) is 0 Å². The van der Waals surface area contributed by atoms with E-state index in [4.69, 9.17) is 11.6 Å². The summed E-state index contributed by atoms with van der Waals surface area (Å²) >= 11 is 6.15. The number of benzene rings is 1. The highest BCUT2D eigenvalue weighted by Crippen LogP contribution is 2.41. The maximum Gasteiger partial charge on any atom is 0.0408 e. The number of nitrogens with one attached hydrogen (secondary N) is 1. The topological polar surface area (TPSA) is 12.0 Å². The number of aryl methyl sites for hydroxylation is 1. The minimum Gasteiger partial charge on any atom is -0.310 e. The lowest BCUT2D eigenvalue weighted by Crippen LogP contribution is -2.35. The molecule has 0 heterocycles. The van der Waals surface area contributed by atoms with Gasteiger partial charge >= 0.3 is 0 Å². The highest BCUT2D eigenvalue weighted by atomic mass is 35.5. The lowest BCUT2D eigenvalue weighted by molar-refractivity contribution is 0.175. The van der Waals surface area contributed by atoms with Crippen molar-refractivity contribution < 1.29 is 0 Å². The van der Waals surface area contributed by atoms with Gasteiger partial charge in [0.25, 0.3) is 0 Å². The van der Waals surface area contributed by atoms with Crippen molar-refractivity contribution in [1.29, 1.82) is 0 Å². The van der Waals surface area contributed by atoms with Crippen molar-refractivity contribution in [2.45, 2.75) is 65.3 Å². The predicted octanol–water partition coefficient (Wildman–Crippen LogP) is 5.91. The number of hydrogen-bond donors (Lipinski definition) is 1. The molecule has 0 spiro atoms. The molecule has 21 heavy (non-hydrogen) atoms. The van der Waals surface area contributed by atoms with Crippen LogP contribution in [0.4, 0.5) is 0 Å². The zero-order chi connectivity index (χ0) is 15.2. The average Bonchev–Trinajstić information content (AvgIpc) is 2.49. The number of rotatable bonds is 6. The van der Waals surface area contributed by atoms with E-state index < -0.39 is 0 Å². The Labute approximate surface area is 135 Å². The van der Waals surface area contributed by atoms with Gasteiger partial charge in [-0.25, -0.2) is 0 Å². The molecule has 0 aliphatic heterocycles. The van der Waals surface area contributed by atoms with Crippen LogP contribution in [0.2, 0.25) is 5.02 Å². The maximum atomic E-state index is 6.15. The highest BCUT2D eigenvalue weighted by Gasteiger charge is 2.32. The average molecular weight is 308 g/mol. The fraction of sp³-hybridized carbons (Fsp3) is 0.684. The van der Waals surface area contributed by atoms with Gasteiger partial charge in [-0.3, -0.25) is 0 Å². The Bertz CT molecular complexity index is 443. The summed E-state index contributed by atoms with van der Waals surface area (Å²) in [6.07, 6.45) is 8.06. The molecule has 1 N–H and O–H groups in total. The Morgan fingerprint density at radius 2 is 2.00 bits per heavy atom. The molecular weight excluding hydrogens is 278 g/mol. The molecular formula is C19H30ClN. The lowest BCUT2D eigenvalue weighted by Gasteiger charge is -2.38. The number of halogens is 1. The number of hydrogen-bond acceptors (Lipinski definition) is 1. The SMILES string of the molecule is CCCNC(c1ccc(Cl)cc1C)C1CCCCC1CC. The van der Waals surface area contributed by atoms with Crippen molar-refractivity contribution in [2.75, 3.05) is 6.54 Å². The van der Waals surface area contributed by atoms with Crippen LogP contribution in [0, 0.1) is 18.8 Å². The Hall–Kier alpha value is -0.530. The van der Waals surface area contributed by atoms with E-state index in [1.807, 2.05) is 6.07 Å². The zero-order valence-electron chi connectivity index (χ0n) is 13.8. The summed E-state index contributed by atoms with van der Waals surface area (Å²) in [6.45, 7) is 7.90. The van der Waals surface area contributed by atoms with Crippen molar-refractivity contribution in [2.24, 2.45) is 11.8 Å². The second kappa shape index (κ2) is 8.19. The van der Waals surface area contributed by atoms with Crippen LogP contribution in [0.25, 0.3) is 0 Å². The molecule has 3 atom stereocenters. The van der Waals surface area contributed by atoms with E-state index >= 15 is 0 Å². The van der Waals surface area contributed by atoms with Crippen LogP contribution in [0.3, 0.4) is 0 Å². The first-order valence-electron chi connectivity index (χ1n) is 8.66. The smallest absolute Gasteiger partial charge is 0.0408 e. The monoisotopic (exact) mass is 307 g/mol. The molecule has 1 aliphatic carbocycles. The summed E-state index contributed by atoms with van der Waals surface area (Å²) in [5, 5.41) is 4.69. The van der Waals surface area contributed by atoms with E-state index in [2.05, 4.69) is 38.2 Å². The van der Waals surface area contributed by atoms with Gasteiger partial charge in [0.05, 0.1) is 0 Å². The lowest BCUT2D eigenvalue weighted by atomic mass is 9.72. The van der Waals surface area contributed by atoms with Crippen LogP contribution in [0.5, 0.6) is 0 Å². The van der Waals surface area contributed by atoms with Gasteiger partial charge in [-0.15, -0.1) is 0 Å². The minimum atomic E-state index is 0.493. The molecule has 1 aromatic carbocycles. The summed E-state index contributed by atoms with van der Waals surface area (Å²) in [7, 11) is 0. The van der Waals surface area contributed by atoms with Crippen LogP contribution in [0.15, 0.2) is 18.2 Å². The standard InChI is InChI=1S/C19H30ClN/c1-4-12-21-19(17-11-10-16(20)13-14(17)3)18-9-7-6-8-15(18)5-2/h10-11,13,15,18-19,21H,4-9,12H2,1-3H3. The molecule has 3 unspecified atom stereocenters. The Morgan fingerprint density at radius 3 is 2.67 bits per heavy atom. The summed E-state index contributed by atoms with van der Waals surface area (Å²) in [5.41, 5.74) is 2.79. The Kier molecular flexibility index (Phi) is 6.57. The van der Waals surface area contributed by atoms with Gasteiger partial charge < -0.3 is 5.32 Å². The first-order valence-corrected chi connectivity index (χ1v) is 9.04. The fourth-order valence-corrected chi connectivity index (χ4v) is 4.19. The third-order valence-electron chi connectivity index (χ3n) is 5.10. The van der Waals surface area contributed by atoms with Crippen LogP contribution in [-0.2, 0) is 0 Å². The van der Waals surface area contributed by atoms with Crippen molar-refractivity contribution >= 4 is 11.6 Å². The normalized spacial score (nSPS) is 24.0. The van der Waals surface area contributed by atoms with E-state index in [-0.39, 0.29) is 0 Å². The minimum absolute atomic E-state index is 0.493. The van der Waals surface area contributed by atoms with Crippen LogP contribution >= 0.6 is 11.6 Å². The molecule has 2 heteroatoms. The van der Waals surface area contributed by atoms with Crippen LogP contribution in [-0.4, -0.2) is 6.54 Å². The van der Waals surface area contributed by atoms with E-state index in [1.165, 1.54) is 49.7 Å². The van der Waals surface area contributed by atoms with E-state index in [9.17, 15) is 0 Å². The molecule has 2 rings (SSSR count). The molecule has 0 aromatic heterocycles. The molecule has 1 fully saturated rings. The van der Waals surface area contributed by atoms with Crippen LogP contribution in [0.1, 0.15) is 69.5 Å². The second-order valence-electron chi connectivity index (χ2n) is 6.55. The third kappa shape index (κ3) is 4.23. The van der Waals surface area contributed by atoms with Gasteiger partial charge in [0.1, 0.15) is 0 Å². The van der Waals surface area contributed by atoms with Gasteiger partial charge in [-0.1, -0.05) is 57.2 Å². The molecule has 1 nitrogen and oxygen atoms in total. The molecule has 0 bridgehead atoms. The van der Waals surface area contributed by atoms with Crippen molar-refractivity contribution in [3.63, 3.8) is 0 Å².